The Bertz CT molecular complexity index is 380. The standard InChI is InChI=1S/C17H29B2NO/c1-15(2)8-14(9-16(3,4)21-15)17(18,19)20-10-12-6-5-7-13(12)11-20/h12-14H,5-11H2,1-4H3. The Morgan fingerprint density at radius 3 is 1.90 bits per heavy atom. The van der Waals surface area contributed by atoms with E-state index in [2.05, 4.69) is 32.6 Å². The number of hydrogen-bond acceptors (Lipinski definition) is 2. The molecule has 1 aliphatic carbocycles. The van der Waals surface area contributed by atoms with Crippen LogP contribution >= 0.6 is 0 Å². The van der Waals surface area contributed by atoms with Gasteiger partial charge in [-0.05, 0) is 71.1 Å². The van der Waals surface area contributed by atoms with E-state index >= 15 is 0 Å². The van der Waals surface area contributed by atoms with Gasteiger partial charge in [0.15, 0.2) is 0 Å². The highest BCUT2D eigenvalue weighted by molar-refractivity contribution is 6.40. The number of hydrogen-bond donors (Lipinski definition) is 0. The van der Waals surface area contributed by atoms with Crippen molar-refractivity contribution in [3.8, 4) is 0 Å². The van der Waals surface area contributed by atoms with Crippen LogP contribution in [0.15, 0.2) is 0 Å². The number of ether oxygens (including phenoxy) is 1. The van der Waals surface area contributed by atoms with E-state index in [1.807, 2.05) is 0 Å². The zero-order valence-electron chi connectivity index (χ0n) is 14.2. The summed E-state index contributed by atoms with van der Waals surface area (Å²) in [5.41, 5.74) is -0.294. The summed E-state index contributed by atoms with van der Waals surface area (Å²) in [6.45, 7) is 10.8. The first-order chi connectivity index (χ1) is 9.59. The molecule has 1 saturated carbocycles. The van der Waals surface area contributed by atoms with E-state index in [-0.39, 0.29) is 17.1 Å². The van der Waals surface area contributed by atoms with Gasteiger partial charge in [0.1, 0.15) is 0 Å². The van der Waals surface area contributed by atoms with Crippen molar-refractivity contribution in [3.05, 3.63) is 0 Å². The fourth-order valence-electron chi connectivity index (χ4n) is 5.23. The Hall–Kier alpha value is 0.0499. The first-order valence-electron chi connectivity index (χ1n) is 8.62. The monoisotopic (exact) mass is 285 g/mol. The molecule has 0 bridgehead atoms. The summed E-state index contributed by atoms with van der Waals surface area (Å²) >= 11 is 0. The van der Waals surface area contributed by atoms with Gasteiger partial charge in [0, 0.05) is 13.1 Å². The van der Waals surface area contributed by atoms with Crippen LogP contribution in [-0.2, 0) is 4.74 Å². The Morgan fingerprint density at radius 1 is 0.952 bits per heavy atom. The maximum absolute atomic E-state index is 6.69. The fourth-order valence-corrected chi connectivity index (χ4v) is 5.23. The van der Waals surface area contributed by atoms with E-state index in [1.165, 1.54) is 19.3 Å². The third-order valence-corrected chi connectivity index (χ3v) is 5.96. The van der Waals surface area contributed by atoms with E-state index in [9.17, 15) is 0 Å². The minimum absolute atomic E-state index is 0.147. The van der Waals surface area contributed by atoms with Crippen LogP contribution in [0.25, 0.3) is 0 Å². The van der Waals surface area contributed by atoms with E-state index in [0.717, 1.165) is 37.8 Å². The Morgan fingerprint density at radius 2 is 1.43 bits per heavy atom. The molecule has 2 heterocycles. The first-order valence-corrected chi connectivity index (χ1v) is 8.62. The molecule has 0 N–H and O–H groups in total. The topological polar surface area (TPSA) is 12.5 Å². The summed E-state index contributed by atoms with van der Waals surface area (Å²) in [5, 5.41) is -0.692. The molecule has 2 nitrogen and oxygen atoms in total. The third-order valence-electron chi connectivity index (χ3n) is 5.96. The van der Waals surface area contributed by atoms with Gasteiger partial charge in [-0.15, -0.1) is 0 Å². The molecule has 2 atom stereocenters. The van der Waals surface area contributed by atoms with Gasteiger partial charge in [0.05, 0.1) is 26.9 Å². The van der Waals surface area contributed by atoms with Gasteiger partial charge in [-0.1, -0.05) is 11.8 Å². The molecule has 21 heavy (non-hydrogen) atoms. The number of nitrogens with zero attached hydrogens (tertiary/aromatic N) is 1. The maximum Gasteiger partial charge on any atom is 0.0828 e. The van der Waals surface area contributed by atoms with Crippen LogP contribution in [0, 0.1) is 17.8 Å². The molecule has 0 spiro atoms. The molecule has 4 heteroatoms. The van der Waals surface area contributed by atoms with Gasteiger partial charge in [-0.25, -0.2) is 0 Å². The van der Waals surface area contributed by atoms with Crippen molar-refractivity contribution in [1.29, 1.82) is 0 Å². The lowest BCUT2D eigenvalue weighted by Crippen LogP contribution is -2.60. The predicted octanol–water partition coefficient (Wildman–Crippen LogP) is 2.69. The molecule has 2 unspecified atom stereocenters. The van der Waals surface area contributed by atoms with Crippen LogP contribution in [0.5, 0.6) is 0 Å². The second-order valence-electron chi connectivity index (χ2n) is 8.97. The van der Waals surface area contributed by atoms with Crippen molar-refractivity contribution in [1.82, 2.24) is 4.90 Å². The van der Waals surface area contributed by atoms with Crippen LogP contribution in [-0.4, -0.2) is 50.2 Å². The zero-order valence-corrected chi connectivity index (χ0v) is 14.2. The Kier molecular flexibility index (Phi) is 3.81. The second kappa shape index (κ2) is 5.03. The number of fused-ring (bicyclic) bond motifs is 1. The molecule has 3 rings (SSSR count). The second-order valence-corrected chi connectivity index (χ2v) is 8.97. The van der Waals surface area contributed by atoms with Crippen molar-refractivity contribution in [2.45, 2.75) is 76.3 Å². The predicted molar refractivity (Wildman–Crippen MR) is 88.6 cm³/mol. The molecule has 2 saturated heterocycles. The molecule has 114 valence electrons. The largest absolute Gasteiger partial charge is 0.370 e. The average molecular weight is 285 g/mol. The van der Waals surface area contributed by atoms with Crippen LogP contribution in [0.4, 0.5) is 0 Å². The Balaban J connectivity index is 1.75. The molecule has 0 aromatic rings. The van der Waals surface area contributed by atoms with E-state index < -0.39 is 5.34 Å². The normalized spacial score (nSPS) is 36.8. The van der Waals surface area contributed by atoms with Crippen LogP contribution < -0.4 is 0 Å². The molecular formula is C17H29B2NO. The van der Waals surface area contributed by atoms with E-state index in [0.29, 0.717) is 0 Å². The molecule has 2 aliphatic heterocycles. The fraction of sp³-hybridized carbons (Fsp3) is 1.00. The van der Waals surface area contributed by atoms with Gasteiger partial charge in [0.25, 0.3) is 0 Å². The highest BCUT2D eigenvalue weighted by atomic mass is 16.5. The molecule has 0 amide bonds. The number of rotatable bonds is 2. The summed E-state index contributed by atoms with van der Waals surface area (Å²) in [7, 11) is 13.4. The first kappa shape index (κ1) is 15.9. The maximum atomic E-state index is 6.69. The van der Waals surface area contributed by atoms with E-state index in [1.54, 1.807) is 0 Å². The van der Waals surface area contributed by atoms with Gasteiger partial charge >= 0.3 is 0 Å². The average Bonchev–Trinajstić information content (AvgIpc) is 2.83. The Labute approximate surface area is 133 Å². The van der Waals surface area contributed by atoms with Crippen molar-refractivity contribution < 1.29 is 4.74 Å². The third kappa shape index (κ3) is 3.08. The highest BCUT2D eigenvalue weighted by Gasteiger charge is 2.49. The van der Waals surface area contributed by atoms with Crippen molar-refractivity contribution in [2.24, 2.45) is 17.8 Å². The number of likely N-dealkylation sites (tertiary alicyclic amines) is 1. The lowest BCUT2D eigenvalue weighted by atomic mass is 9.50. The molecule has 3 fully saturated rings. The molecular weight excluding hydrogens is 256 g/mol. The van der Waals surface area contributed by atoms with E-state index in [4.69, 9.17) is 20.4 Å². The quantitative estimate of drug-likeness (QED) is 0.723. The molecule has 0 aromatic carbocycles. The SMILES string of the molecule is [B]C([B])(C1CC(C)(C)OC(C)(C)C1)N1CC2CCCC2C1. The smallest absolute Gasteiger partial charge is 0.0828 e. The van der Waals surface area contributed by atoms with Crippen LogP contribution in [0.2, 0.25) is 0 Å². The van der Waals surface area contributed by atoms with Gasteiger partial charge < -0.3 is 9.64 Å². The summed E-state index contributed by atoms with van der Waals surface area (Å²) < 4.78 is 6.19. The van der Waals surface area contributed by atoms with Gasteiger partial charge in [0.2, 0.25) is 0 Å². The van der Waals surface area contributed by atoms with Crippen LogP contribution in [0.1, 0.15) is 59.8 Å². The van der Waals surface area contributed by atoms with Crippen molar-refractivity contribution in [3.63, 3.8) is 0 Å². The highest BCUT2D eigenvalue weighted by Crippen LogP contribution is 2.46. The molecule has 0 aromatic heterocycles. The van der Waals surface area contributed by atoms with Gasteiger partial charge in [-0.3, -0.25) is 0 Å². The summed E-state index contributed by atoms with van der Waals surface area (Å²) in [5.74, 6) is 1.95. The zero-order chi connectivity index (χ0) is 15.5. The van der Waals surface area contributed by atoms with Crippen LogP contribution in [0.3, 0.4) is 0 Å². The summed E-state index contributed by atoms with van der Waals surface area (Å²) in [6, 6.07) is 0. The lowest BCUT2D eigenvalue weighted by molar-refractivity contribution is -0.179. The molecule has 4 radical (unpaired) electrons. The minimum Gasteiger partial charge on any atom is -0.370 e. The van der Waals surface area contributed by atoms with Crippen molar-refractivity contribution in [2.75, 3.05) is 13.1 Å². The van der Waals surface area contributed by atoms with Gasteiger partial charge in [-0.2, -0.15) is 0 Å². The minimum atomic E-state index is -0.692. The van der Waals surface area contributed by atoms with Crippen molar-refractivity contribution >= 4 is 15.7 Å². The summed E-state index contributed by atoms with van der Waals surface area (Å²) in [6.07, 6.45) is 6.00. The summed E-state index contributed by atoms with van der Waals surface area (Å²) in [4.78, 5) is 2.38. The molecule has 3 aliphatic rings. The lowest BCUT2D eigenvalue weighted by Gasteiger charge is -2.53.